The molecular formula is C12H19NO3S. The smallest absolute Gasteiger partial charge is 0.135 e. The van der Waals surface area contributed by atoms with Gasteiger partial charge >= 0.3 is 0 Å². The molecule has 0 spiro atoms. The van der Waals surface area contributed by atoms with Crippen LogP contribution in [-0.4, -0.2) is 30.7 Å². The molecule has 5 heteroatoms. The minimum absolute atomic E-state index is 0.0339. The van der Waals surface area contributed by atoms with E-state index in [4.69, 9.17) is 15.2 Å². The van der Waals surface area contributed by atoms with Crippen LogP contribution in [0, 0.1) is 0 Å². The van der Waals surface area contributed by atoms with E-state index >= 15 is 0 Å². The van der Waals surface area contributed by atoms with Gasteiger partial charge in [0.1, 0.15) is 11.5 Å². The molecule has 0 radical (unpaired) electrons. The summed E-state index contributed by atoms with van der Waals surface area (Å²) in [5, 5.41) is 0. The van der Waals surface area contributed by atoms with Crippen LogP contribution in [0.5, 0.6) is 11.5 Å². The van der Waals surface area contributed by atoms with Crippen molar-refractivity contribution in [2.75, 3.05) is 20.5 Å². The quantitative estimate of drug-likeness (QED) is 0.864. The third kappa shape index (κ3) is 3.44. The Labute approximate surface area is 105 Å². The number of ether oxygens (including phenoxy) is 2. The van der Waals surface area contributed by atoms with E-state index in [1.54, 1.807) is 26.5 Å². The van der Waals surface area contributed by atoms with Gasteiger partial charge in [-0.3, -0.25) is 4.21 Å². The molecule has 1 rings (SSSR count). The Kier molecular flexibility index (Phi) is 4.96. The van der Waals surface area contributed by atoms with E-state index in [0.717, 1.165) is 5.56 Å². The zero-order chi connectivity index (χ0) is 13.0. The van der Waals surface area contributed by atoms with E-state index in [1.807, 2.05) is 13.0 Å². The van der Waals surface area contributed by atoms with Crippen LogP contribution in [0.15, 0.2) is 17.0 Å². The SMILES string of the molecule is COc1cc(S(C)=O)c(OC)cc1CC(C)N. The molecule has 0 bridgehead atoms. The zero-order valence-corrected chi connectivity index (χ0v) is 11.5. The molecule has 0 saturated carbocycles. The van der Waals surface area contributed by atoms with Gasteiger partial charge in [-0.15, -0.1) is 0 Å². The molecule has 2 unspecified atom stereocenters. The molecule has 2 atom stereocenters. The van der Waals surface area contributed by atoms with Crippen molar-refractivity contribution in [3.05, 3.63) is 17.7 Å². The molecule has 0 aliphatic heterocycles. The van der Waals surface area contributed by atoms with Crippen molar-refractivity contribution in [1.82, 2.24) is 0 Å². The van der Waals surface area contributed by atoms with Gasteiger partial charge in [-0.05, 0) is 25.0 Å². The molecule has 1 aromatic carbocycles. The highest BCUT2D eigenvalue weighted by Gasteiger charge is 2.14. The average molecular weight is 257 g/mol. The second kappa shape index (κ2) is 6.02. The molecule has 2 N–H and O–H groups in total. The summed E-state index contributed by atoms with van der Waals surface area (Å²) in [6.45, 7) is 1.93. The van der Waals surface area contributed by atoms with Crippen molar-refractivity contribution >= 4 is 10.8 Å². The molecule has 0 fully saturated rings. The highest BCUT2D eigenvalue weighted by molar-refractivity contribution is 7.84. The van der Waals surface area contributed by atoms with Gasteiger partial charge in [0.15, 0.2) is 0 Å². The van der Waals surface area contributed by atoms with Crippen LogP contribution in [0.1, 0.15) is 12.5 Å². The van der Waals surface area contributed by atoms with Gasteiger partial charge in [-0.25, -0.2) is 0 Å². The minimum atomic E-state index is -1.11. The standard InChI is InChI=1S/C12H19NO3S/c1-8(13)5-9-6-11(16-3)12(17(4)14)7-10(9)15-2/h6-8H,5,13H2,1-4H3. The summed E-state index contributed by atoms with van der Waals surface area (Å²) in [5.41, 5.74) is 6.75. The summed E-state index contributed by atoms with van der Waals surface area (Å²) in [4.78, 5) is 0.637. The monoisotopic (exact) mass is 257 g/mol. The summed E-state index contributed by atoms with van der Waals surface area (Å²) in [6, 6.07) is 3.64. The van der Waals surface area contributed by atoms with Crippen LogP contribution in [-0.2, 0) is 17.2 Å². The third-order valence-electron chi connectivity index (χ3n) is 2.42. The summed E-state index contributed by atoms with van der Waals surface area (Å²) in [6.07, 6.45) is 2.30. The predicted molar refractivity (Wildman–Crippen MR) is 69.2 cm³/mol. The van der Waals surface area contributed by atoms with Crippen molar-refractivity contribution in [1.29, 1.82) is 0 Å². The number of nitrogens with two attached hydrogens (primary N) is 1. The fourth-order valence-corrected chi connectivity index (χ4v) is 2.36. The Hall–Kier alpha value is -1.07. The van der Waals surface area contributed by atoms with Gasteiger partial charge in [-0.2, -0.15) is 0 Å². The summed E-state index contributed by atoms with van der Waals surface area (Å²) < 4.78 is 22.1. The average Bonchev–Trinajstić information content (AvgIpc) is 2.27. The Morgan fingerprint density at radius 2 is 1.88 bits per heavy atom. The summed E-state index contributed by atoms with van der Waals surface area (Å²) in [5.74, 6) is 1.32. The lowest BCUT2D eigenvalue weighted by molar-refractivity contribution is 0.389. The maximum atomic E-state index is 11.6. The normalized spacial score (nSPS) is 14.2. The van der Waals surface area contributed by atoms with Gasteiger partial charge in [0.25, 0.3) is 0 Å². The Balaban J connectivity index is 3.27. The Morgan fingerprint density at radius 3 is 2.29 bits per heavy atom. The third-order valence-corrected chi connectivity index (χ3v) is 3.36. The van der Waals surface area contributed by atoms with Crippen molar-refractivity contribution < 1.29 is 13.7 Å². The molecule has 4 nitrogen and oxygen atoms in total. The Bertz CT molecular complexity index is 418. The molecule has 0 heterocycles. The first-order chi connectivity index (χ1) is 7.99. The lowest BCUT2D eigenvalue weighted by Gasteiger charge is -2.15. The molecule has 1 aromatic rings. The lowest BCUT2D eigenvalue weighted by atomic mass is 10.1. The number of benzene rings is 1. The van der Waals surface area contributed by atoms with Crippen molar-refractivity contribution in [3.63, 3.8) is 0 Å². The maximum absolute atomic E-state index is 11.6. The first-order valence-electron chi connectivity index (χ1n) is 5.33. The molecule has 0 aliphatic rings. The number of methoxy groups -OCH3 is 2. The fraction of sp³-hybridized carbons (Fsp3) is 0.500. The summed E-state index contributed by atoms with van der Waals surface area (Å²) >= 11 is 0. The van der Waals surface area contributed by atoms with E-state index in [0.29, 0.717) is 22.8 Å². The van der Waals surface area contributed by atoms with Crippen LogP contribution in [0.4, 0.5) is 0 Å². The van der Waals surface area contributed by atoms with Gasteiger partial charge in [0.2, 0.25) is 0 Å². The molecule has 17 heavy (non-hydrogen) atoms. The highest BCUT2D eigenvalue weighted by Crippen LogP contribution is 2.31. The molecular weight excluding hydrogens is 238 g/mol. The zero-order valence-electron chi connectivity index (χ0n) is 10.6. The van der Waals surface area contributed by atoms with E-state index in [-0.39, 0.29) is 6.04 Å². The van der Waals surface area contributed by atoms with Gasteiger partial charge < -0.3 is 15.2 Å². The van der Waals surface area contributed by atoms with E-state index in [9.17, 15) is 4.21 Å². The van der Waals surface area contributed by atoms with Gasteiger partial charge in [0, 0.05) is 18.4 Å². The van der Waals surface area contributed by atoms with Crippen LogP contribution >= 0.6 is 0 Å². The Morgan fingerprint density at radius 1 is 1.29 bits per heavy atom. The number of hydrogen-bond donors (Lipinski definition) is 1. The number of hydrogen-bond acceptors (Lipinski definition) is 4. The largest absolute Gasteiger partial charge is 0.496 e. The second-order valence-electron chi connectivity index (χ2n) is 3.95. The highest BCUT2D eigenvalue weighted by atomic mass is 32.2. The van der Waals surface area contributed by atoms with Crippen LogP contribution in [0.3, 0.4) is 0 Å². The second-order valence-corrected chi connectivity index (χ2v) is 5.30. The first kappa shape index (κ1) is 14.0. The molecule has 0 amide bonds. The van der Waals surface area contributed by atoms with Crippen LogP contribution in [0.2, 0.25) is 0 Å². The fourth-order valence-electron chi connectivity index (χ4n) is 1.66. The molecule has 0 saturated heterocycles. The summed E-state index contributed by atoms with van der Waals surface area (Å²) in [7, 11) is 2.05. The van der Waals surface area contributed by atoms with Crippen molar-refractivity contribution in [3.8, 4) is 11.5 Å². The van der Waals surface area contributed by atoms with Crippen LogP contribution in [0.25, 0.3) is 0 Å². The lowest BCUT2D eigenvalue weighted by Crippen LogP contribution is -2.18. The maximum Gasteiger partial charge on any atom is 0.135 e. The molecule has 0 aliphatic carbocycles. The molecule has 0 aromatic heterocycles. The van der Waals surface area contributed by atoms with Crippen molar-refractivity contribution in [2.45, 2.75) is 24.3 Å². The van der Waals surface area contributed by atoms with E-state index < -0.39 is 10.8 Å². The topological polar surface area (TPSA) is 61.5 Å². The molecule has 96 valence electrons. The number of rotatable bonds is 5. The van der Waals surface area contributed by atoms with E-state index in [2.05, 4.69) is 0 Å². The first-order valence-corrected chi connectivity index (χ1v) is 6.89. The van der Waals surface area contributed by atoms with E-state index in [1.165, 1.54) is 0 Å². The van der Waals surface area contributed by atoms with Gasteiger partial charge in [0.05, 0.1) is 29.9 Å². The predicted octanol–water partition coefficient (Wildman–Crippen LogP) is 1.33. The minimum Gasteiger partial charge on any atom is -0.496 e. The van der Waals surface area contributed by atoms with Crippen LogP contribution < -0.4 is 15.2 Å². The van der Waals surface area contributed by atoms with Crippen molar-refractivity contribution in [2.24, 2.45) is 5.73 Å². The van der Waals surface area contributed by atoms with Gasteiger partial charge in [-0.1, -0.05) is 0 Å².